The molecule has 0 amide bonds. The van der Waals surface area contributed by atoms with E-state index in [-0.39, 0.29) is 6.10 Å². The maximum absolute atomic E-state index is 10.2. The lowest BCUT2D eigenvalue weighted by atomic mass is 9.85. The second kappa shape index (κ2) is 7.54. The van der Waals surface area contributed by atoms with Crippen molar-refractivity contribution in [1.82, 2.24) is 0 Å². The molecule has 0 aromatic heterocycles. The third-order valence-corrected chi connectivity index (χ3v) is 4.28. The Labute approximate surface area is 116 Å². The van der Waals surface area contributed by atoms with Gasteiger partial charge in [-0.1, -0.05) is 50.3 Å². The number of ether oxygens (including phenoxy) is 1. The van der Waals surface area contributed by atoms with E-state index in [1.54, 1.807) is 7.11 Å². The van der Waals surface area contributed by atoms with Gasteiger partial charge in [-0.3, -0.25) is 0 Å². The molecule has 2 rings (SSSR count). The van der Waals surface area contributed by atoms with Crippen LogP contribution in [0.2, 0.25) is 0 Å². The Morgan fingerprint density at radius 1 is 1.21 bits per heavy atom. The number of aliphatic hydroxyl groups excluding tert-OH is 1. The summed E-state index contributed by atoms with van der Waals surface area (Å²) in [6.45, 7) is 0. The van der Waals surface area contributed by atoms with Crippen molar-refractivity contribution in [3.8, 4) is 5.75 Å². The molecule has 1 aliphatic carbocycles. The van der Waals surface area contributed by atoms with Crippen molar-refractivity contribution in [2.75, 3.05) is 7.11 Å². The SMILES string of the molecule is COc1ccccc1CC(O)CCC1CCCCC1. The molecule has 1 fully saturated rings. The molecule has 0 heterocycles. The van der Waals surface area contributed by atoms with Crippen LogP contribution in [0.4, 0.5) is 0 Å². The van der Waals surface area contributed by atoms with E-state index in [4.69, 9.17) is 4.74 Å². The Hall–Kier alpha value is -1.02. The number of hydrogen-bond donors (Lipinski definition) is 1. The molecule has 2 heteroatoms. The summed E-state index contributed by atoms with van der Waals surface area (Å²) in [6, 6.07) is 7.98. The van der Waals surface area contributed by atoms with Gasteiger partial charge in [0.2, 0.25) is 0 Å². The highest BCUT2D eigenvalue weighted by atomic mass is 16.5. The van der Waals surface area contributed by atoms with Crippen LogP contribution in [0.15, 0.2) is 24.3 Å². The zero-order valence-corrected chi connectivity index (χ0v) is 12.0. The molecule has 0 saturated heterocycles. The lowest BCUT2D eigenvalue weighted by molar-refractivity contribution is 0.148. The normalized spacial score (nSPS) is 18.2. The summed E-state index contributed by atoms with van der Waals surface area (Å²) in [4.78, 5) is 0. The van der Waals surface area contributed by atoms with Gasteiger partial charge in [-0.25, -0.2) is 0 Å². The van der Waals surface area contributed by atoms with Gasteiger partial charge in [0.15, 0.2) is 0 Å². The largest absolute Gasteiger partial charge is 0.496 e. The average Bonchev–Trinajstić information content (AvgIpc) is 2.47. The molecule has 1 unspecified atom stereocenters. The maximum atomic E-state index is 10.2. The van der Waals surface area contributed by atoms with Crippen molar-refractivity contribution in [3.63, 3.8) is 0 Å². The summed E-state index contributed by atoms with van der Waals surface area (Å²) in [5.74, 6) is 1.74. The fourth-order valence-corrected chi connectivity index (χ4v) is 3.13. The van der Waals surface area contributed by atoms with E-state index in [9.17, 15) is 5.11 Å². The molecule has 0 spiro atoms. The Morgan fingerprint density at radius 2 is 1.95 bits per heavy atom. The van der Waals surface area contributed by atoms with Crippen molar-refractivity contribution in [3.05, 3.63) is 29.8 Å². The summed E-state index contributed by atoms with van der Waals surface area (Å²) in [6.07, 6.45) is 9.46. The lowest BCUT2D eigenvalue weighted by Crippen LogP contribution is -2.15. The Balaban J connectivity index is 1.78. The number of aliphatic hydroxyl groups is 1. The van der Waals surface area contributed by atoms with Gasteiger partial charge in [0, 0.05) is 6.42 Å². The lowest BCUT2D eigenvalue weighted by Gasteiger charge is -2.22. The van der Waals surface area contributed by atoms with Crippen LogP contribution in [0.25, 0.3) is 0 Å². The van der Waals surface area contributed by atoms with Crippen LogP contribution in [0, 0.1) is 5.92 Å². The smallest absolute Gasteiger partial charge is 0.122 e. The molecule has 1 aromatic rings. The van der Waals surface area contributed by atoms with Crippen LogP contribution in [-0.2, 0) is 6.42 Å². The van der Waals surface area contributed by atoms with Crippen LogP contribution >= 0.6 is 0 Å². The molecule has 1 N–H and O–H groups in total. The van der Waals surface area contributed by atoms with Crippen LogP contribution < -0.4 is 4.74 Å². The maximum Gasteiger partial charge on any atom is 0.122 e. The molecular formula is C17H26O2. The molecular weight excluding hydrogens is 236 g/mol. The van der Waals surface area contributed by atoms with E-state index in [1.165, 1.54) is 38.5 Å². The van der Waals surface area contributed by atoms with Gasteiger partial charge in [-0.05, 0) is 30.4 Å². The van der Waals surface area contributed by atoms with Crippen molar-refractivity contribution in [2.45, 2.75) is 57.5 Å². The van der Waals surface area contributed by atoms with Gasteiger partial charge in [0.1, 0.15) is 5.75 Å². The minimum absolute atomic E-state index is 0.238. The molecule has 0 aliphatic heterocycles. The molecule has 106 valence electrons. The average molecular weight is 262 g/mol. The molecule has 1 aromatic carbocycles. The molecule has 1 saturated carbocycles. The highest BCUT2D eigenvalue weighted by Crippen LogP contribution is 2.28. The standard InChI is InChI=1S/C17H26O2/c1-19-17-10-6-5-9-15(17)13-16(18)12-11-14-7-3-2-4-8-14/h5-6,9-10,14,16,18H,2-4,7-8,11-13H2,1H3. The van der Waals surface area contributed by atoms with Crippen LogP contribution in [0.1, 0.15) is 50.5 Å². The quantitative estimate of drug-likeness (QED) is 0.841. The Morgan fingerprint density at radius 3 is 2.68 bits per heavy atom. The second-order valence-electron chi connectivity index (χ2n) is 5.75. The molecule has 1 aliphatic rings. The minimum Gasteiger partial charge on any atom is -0.496 e. The zero-order valence-electron chi connectivity index (χ0n) is 12.0. The first-order chi connectivity index (χ1) is 9.29. The van der Waals surface area contributed by atoms with Gasteiger partial charge in [0.05, 0.1) is 13.2 Å². The van der Waals surface area contributed by atoms with Crippen molar-refractivity contribution >= 4 is 0 Å². The number of rotatable bonds is 6. The van der Waals surface area contributed by atoms with Gasteiger partial charge in [0.25, 0.3) is 0 Å². The van der Waals surface area contributed by atoms with Crippen molar-refractivity contribution in [2.24, 2.45) is 5.92 Å². The fraction of sp³-hybridized carbons (Fsp3) is 0.647. The van der Waals surface area contributed by atoms with E-state index >= 15 is 0 Å². The van der Waals surface area contributed by atoms with E-state index in [0.717, 1.165) is 23.7 Å². The molecule has 19 heavy (non-hydrogen) atoms. The summed E-state index contributed by atoms with van der Waals surface area (Å²) in [5, 5.41) is 10.2. The van der Waals surface area contributed by atoms with Gasteiger partial charge in [-0.2, -0.15) is 0 Å². The monoisotopic (exact) mass is 262 g/mol. The second-order valence-corrected chi connectivity index (χ2v) is 5.75. The molecule has 2 nitrogen and oxygen atoms in total. The fourth-order valence-electron chi connectivity index (χ4n) is 3.13. The highest BCUT2D eigenvalue weighted by Gasteiger charge is 2.16. The first-order valence-electron chi connectivity index (χ1n) is 7.59. The summed E-state index contributed by atoms with van der Waals surface area (Å²) in [5.41, 5.74) is 1.11. The molecule has 0 radical (unpaired) electrons. The number of hydrogen-bond acceptors (Lipinski definition) is 2. The highest BCUT2D eigenvalue weighted by molar-refractivity contribution is 5.33. The number of benzene rings is 1. The number of methoxy groups -OCH3 is 1. The first kappa shape index (κ1) is 14.4. The van der Waals surface area contributed by atoms with Crippen molar-refractivity contribution < 1.29 is 9.84 Å². The third-order valence-electron chi connectivity index (χ3n) is 4.28. The minimum atomic E-state index is -0.238. The van der Waals surface area contributed by atoms with Crippen molar-refractivity contribution in [1.29, 1.82) is 0 Å². The van der Waals surface area contributed by atoms with E-state index < -0.39 is 0 Å². The predicted molar refractivity (Wildman–Crippen MR) is 78.5 cm³/mol. The zero-order chi connectivity index (χ0) is 13.5. The van der Waals surface area contributed by atoms with Crippen LogP contribution in [0.5, 0.6) is 5.75 Å². The van der Waals surface area contributed by atoms with Gasteiger partial charge in [-0.15, -0.1) is 0 Å². The Bertz CT molecular complexity index is 369. The summed E-state index contributed by atoms with van der Waals surface area (Å²) < 4.78 is 5.33. The summed E-state index contributed by atoms with van der Waals surface area (Å²) >= 11 is 0. The van der Waals surface area contributed by atoms with Crippen LogP contribution in [-0.4, -0.2) is 18.3 Å². The van der Waals surface area contributed by atoms with Gasteiger partial charge < -0.3 is 9.84 Å². The Kier molecular flexibility index (Phi) is 5.71. The van der Waals surface area contributed by atoms with E-state index in [2.05, 4.69) is 0 Å². The molecule has 0 bridgehead atoms. The van der Waals surface area contributed by atoms with Gasteiger partial charge >= 0.3 is 0 Å². The summed E-state index contributed by atoms with van der Waals surface area (Å²) in [7, 11) is 1.69. The van der Waals surface area contributed by atoms with E-state index in [1.807, 2.05) is 24.3 Å². The number of para-hydroxylation sites is 1. The van der Waals surface area contributed by atoms with Crippen LogP contribution in [0.3, 0.4) is 0 Å². The molecule has 1 atom stereocenters. The predicted octanol–water partition coefficient (Wildman–Crippen LogP) is 3.96. The van der Waals surface area contributed by atoms with E-state index in [0.29, 0.717) is 6.42 Å². The first-order valence-corrected chi connectivity index (χ1v) is 7.59. The topological polar surface area (TPSA) is 29.5 Å². The third kappa shape index (κ3) is 4.54.